The monoisotopic (exact) mass is 500 g/mol. The van der Waals surface area contributed by atoms with Gasteiger partial charge in [-0.3, -0.25) is 0 Å². The summed E-state index contributed by atoms with van der Waals surface area (Å²) in [6.45, 7) is 4.58. The second-order valence-electron chi connectivity index (χ2n) is 9.62. The van der Waals surface area contributed by atoms with Gasteiger partial charge in [0.1, 0.15) is 6.61 Å². The first-order valence-corrected chi connectivity index (χ1v) is 12.3. The minimum Gasteiger partial charge on any atom is -0.463 e. The number of nitrogens with one attached hydrogen (secondary N) is 1. The van der Waals surface area contributed by atoms with E-state index >= 15 is 0 Å². The second-order valence-corrected chi connectivity index (χ2v) is 10.5. The van der Waals surface area contributed by atoms with Gasteiger partial charge in [-0.15, -0.1) is 10.2 Å². The van der Waals surface area contributed by atoms with Gasteiger partial charge in [0.15, 0.2) is 6.04 Å². The second kappa shape index (κ2) is 8.99. The summed E-state index contributed by atoms with van der Waals surface area (Å²) in [4.78, 5) is 3.32. The number of benzene rings is 2. The maximum atomic E-state index is 10.8. The largest absolute Gasteiger partial charge is 0.463 e. The summed E-state index contributed by atoms with van der Waals surface area (Å²) >= 11 is 13.1. The number of halogens is 2. The molecule has 34 heavy (non-hydrogen) atoms. The lowest BCUT2D eigenvalue weighted by atomic mass is 9.55. The zero-order chi connectivity index (χ0) is 24.0. The van der Waals surface area contributed by atoms with E-state index in [0.29, 0.717) is 27.7 Å². The Hall–Kier alpha value is -2.41. The van der Waals surface area contributed by atoms with Crippen LogP contribution in [0.25, 0.3) is 11.5 Å². The van der Waals surface area contributed by atoms with Crippen molar-refractivity contribution in [3.05, 3.63) is 69.5 Å². The highest BCUT2D eigenvalue weighted by molar-refractivity contribution is 6.31. The first-order chi connectivity index (χ1) is 16.3. The summed E-state index contributed by atoms with van der Waals surface area (Å²) in [5.41, 5.74) is 2.76. The molecule has 5 atom stereocenters. The van der Waals surface area contributed by atoms with E-state index in [1.165, 1.54) is 5.56 Å². The lowest BCUT2D eigenvalue weighted by Crippen LogP contribution is -2.76. The Labute approximate surface area is 209 Å². The van der Waals surface area contributed by atoms with Gasteiger partial charge in [-0.2, -0.15) is 0 Å². The molecule has 2 aliphatic rings. The Balaban J connectivity index is 1.54. The van der Waals surface area contributed by atoms with E-state index in [9.17, 15) is 5.11 Å². The Bertz CT molecular complexity index is 1230. The van der Waals surface area contributed by atoms with Crippen LogP contribution < -0.4 is 4.99 Å². The number of hydrogen-bond donors (Lipinski definition) is 2. The molecule has 2 aromatic carbocycles. The van der Waals surface area contributed by atoms with Gasteiger partial charge < -0.3 is 14.3 Å². The van der Waals surface area contributed by atoms with Crippen LogP contribution in [0.2, 0.25) is 10.0 Å². The number of aliphatic hydroxyl groups excluding tert-OH is 1. The van der Waals surface area contributed by atoms with Crippen LogP contribution in [-0.4, -0.2) is 34.4 Å². The number of aromatic nitrogens is 2. The molecule has 178 valence electrons. The molecule has 1 fully saturated rings. The third kappa shape index (κ3) is 3.92. The Morgan fingerprint density at radius 2 is 1.94 bits per heavy atom. The van der Waals surface area contributed by atoms with Crippen molar-refractivity contribution < 1.29 is 19.3 Å². The zero-order valence-electron chi connectivity index (χ0n) is 19.4. The maximum Gasteiger partial charge on any atom is 0.339 e. The van der Waals surface area contributed by atoms with Crippen LogP contribution in [0.3, 0.4) is 0 Å². The smallest absolute Gasteiger partial charge is 0.339 e. The molecule has 0 radical (unpaired) electrons. The predicted molar refractivity (Wildman–Crippen MR) is 131 cm³/mol. The predicted octanol–water partition coefficient (Wildman–Crippen LogP) is 4.91. The molecular formula is C26H28Cl2N3O3+. The number of aliphatic hydroxyl groups is 1. The fourth-order valence-electron chi connectivity index (χ4n) is 6.04. The molecule has 2 N–H and O–H groups in total. The van der Waals surface area contributed by atoms with Crippen molar-refractivity contribution in [1.82, 2.24) is 10.2 Å². The van der Waals surface area contributed by atoms with Crippen LogP contribution in [0.4, 0.5) is 0 Å². The molecule has 1 saturated carbocycles. The summed E-state index contributed by atoms with van der Waals surface area (Å²) in [5, 5.41) is 20.3. The lowest BCUT2D eigenvalue weighted by molar-refractivity contribution is -0.504. The lowest BCUT2D eigenvalue weighted by Gasteiger charge is -2.45. The highest BCUT2D eigenvalue weighted by atomic mass is 35.5. The molecule has 6 nitrogen and oxygen atoms in total. The van der Waals surface area contributed by atoms with Gasteiger partial charge in [0.25, 0.3) is 0 Å². The summed E-state index contributed by atoms with van der Waals surface area (Å²) in [5.74, 6) is 1.78. The zero-order valence-corrected chi connectivity index (χ0v) is 20.9. The van der Waals surface area contributed by atoms with Crippen molar-refractivity contribution in [1.29, 1.82) is 0 Å². The third-order valence-corrected chi connectivity index (χ3v) is 8.19. The van der Waals surface area contributed by atoms with Gasteiger partial charge in [-0.1, -0.05) is 41.4 Å². The van der Waals surface area contributed by atoms with Crippen molar-refractivity contribution in [2.45, 2.75) is 51.2 Å². The third-order valence-electron chi connectivity index (χ3n) is 7.61. The fraction of sp³-hybridized carbons (Fsp3) is 0.423. The Morgan fingerprint density at radius 3 is 2.65 bits per heavy atom. The normalized spacial score (nSPS) is 28.6. The topological polar surface area (TPSA) is 82.4 Å². The molecule has 1 aliphatic heterocycles. The number of rotatable bonds is 5. The van der Waals surface area contributed by atoms with Crippen LogP contribution in [0.15, 0.2) is 46.9 Å². The van der Waals surface area contributed by atoms with Crippen LogP contribution in [0.1, 0.15) is 55.5 Å². The van der Waals surface area contributed by atoms with E-state index in [0.717, 1.165) is 24.0 Å². The van der Waals surface area contributed by atoms with Crippen LogP contribution >= 0.6 is 23.2 Å². The average Bonchev–Trinajstić information content (AvgIpc) is 3.36. The van der Waals surface area contributed by atoms with Gasteiger partial charge in [-0.25, -0.2) is 4.99 Å². The first kappa shape index (κ1) is 23.3. The van der Waals surface area contributed by atoms with Crippen molar-refractivity contribution in [3.8, 4) is 11.5 Å². The van der Waals surface area contributed by atoms with Crippen molar-refractivity contribution in [2.24, 2.45) is 11.3 Å². The highest BCUT2D eigenvalue weighted by Crippen LogP contribution is 2.57. The molecule has 2 heterocycles. The van der Waals surface area contributed by atoms with Crippen LogP contribution in [0, 0.1) is 11.3 Å². The first-order valence-electron chi connectivity index (χ1n) is 11.5. The number of ether oxygens (including phenoxy) is 1. The van der Waals surface area contributed by atoms with E-state index < -0.39 is 0 Å². The standard InChI is InChI=1S/C26H27Cl2N3O3/c1-14-23-22(15-4-7-17(27)8-5-15)19(10-11-26(23,2)25(32)29-14)18-9-6-16(12-20(18)28)24-31-30-21(34-24)13-33-3/h4-9,12,14,19,22-23H,10-11,13H2,1-3H3,(H,29,32)/p+1/t14-,19+,22+,23+,26-/m1/s1. The quantitative estimate of drug-likeness (QED) is 0.519. The van der Waals surface area contributed by atoms with Crippen LogP contribution in [0.5, 0.6) is 0 Å². The number of hydrogen-bond acceptors (Lipinski definition) is 4. The van der Waals surface area contributed by atoms with Crippen molar-refractivity contribution in [3.63, 3.8) is 0 Å². The van der Waals surface area contributed by atoms with Gasteiger partial charge in [0, 0.05) is 34.6 Å². The average molecular weight is 501 g/mol. The highest BCUT2D eigenvalue weighted by Gasteiger charge is 2.60. The van der Waals surface area contributed by atoms with Gasteiger partial charge in [-0.05, 0) is 68.0 Å². The van der Waals surface area contributed by atoms with Crippen molar-refractivity contribution in [2.75, 3.05) is 7.11 Å². The number of fused-ring (bicyclic) bond motifs is 1. The summed E-state index contributed by atoms with van der Waals surface area (Å²) in [6.07, 6.45) is 1.77. The van der Waals surface area contributed by atoms with E-state index in [2.05, 4.69) is 47.2 Å². The minimum atomic E-state index is -0.297. The summed E-state index contributed by atoms with van der Waals surface area (Å²) in [7, 11) is 1.58. The van der Waals surface area contributed by atoms with E-state index in [1.807, 2.05) is 24.3 Å². The molecule has 8 heteroatoms. The molecule has 5 rings (SSSR count). The molecule has 3 aromatic rings. The van der Waals surface area contributed by atoms with E-state index in [1.54, 1.807) is 7.11 Å². The molecule has 0 spiro atoms. The molecule has 0 unspecified atom stereocenters. The number of methoxy groups -OCH3 is 1. The minimum absolute atomic E-state index is 0.129. The SMILES string of the molecule is COCc1nnc(-c2ccc([C@@H]3CC[C@@]4(C)C(O)=[NH+][C@H](C)[C@H]4[C@H]3c3ccc(Cl)cc3)c(Cl)c2)o1. The molecule has 1 aliphatic carbocycles. The molecule has 0 bridgehead atoms. The Kier molecular flexibility index (Phi) is 6.17. The molecule has 0 saturated heterocycles. The molecular weight excluding hydrogens is 473 g/mol. The summed E-state index contributed by atoms with van der Waals surface area (Å²) in [6, 6.07) is 14.2. The van der Waals surface area contributed by atoms with Gasteiger partial charge >= 0.3 is 5.90 Å². The number of nitrogens with zero attached hydrogens (tertiary/aromatic N) is 2. The Morgan fingerprint density at radius 1 is 1.18 bits per heavy atom. The maximum absolute atomic E-state index is 10.8. The van der Waals surface area contributed by atoms with Crippen LogP contribution in [-0.2, 0) is 11.3 Å². The molecule has 0 amide bonds. The van der Waals surface area contributed by atoms with Gasteiger partial charge in [0.05, 0.1) is 5.41 Å². The van der Waals surface area contributed by atoms with Gasteiger partial charge in [0.2, 0.25) is 11.8 Å². The molecule has 1 aromatic heterocycles. The fourth-order valence-corrected chi connectivity index (χ4v) is 6.49. The summed E-state index contributed by atoms with van der Waals surface area (Å²) < 4.78 is 10.8. The van der Waals surface area contributed by atoms with E-state index in [4.69, 9.17) is 32.4 Å². The van der Waals surface area contributed by atoms with E-state index in [-0.39, 0.29) is 35.8 Å². The van der Waals surface area contributed by atoms with Crippen molar-refractivity contribution >= 4 is 29.1 Å².